The molecular formula is C15H12Br2ClN5. The number of rotatable bonds is 2. The van der Waals surface area contributed by atoms with Crippen LogP contribution in [0.3, 0.4) is 0 Å². The lowest BCUT2D eigenvalue weighted by atomic mass is 10.2. The van der Waals surface area contributed by atoms with E-state index in [1.165, 1.54) is 0 Å². The van der Waals surface area contributed by atoms with Gasteiger partial charge in [-0.1, -0.05) is 17.7 Å². The second-order valence-corrected chi connectivity index (χ2v) is 6.96. The fourth-order valence-electron chi connectivity index (χ4n) is 2.20. The van der Waals surface area contributed by atoms with E-state index in [9.17, 15) is 0 Å². The Hall–Kier alpha value is -1.44. The molecule has 2 N–H and O–H groups in total. The topological polar surface area (TPSA) is 69.6 Å². The van der Waals surface area contributed by atoms with Gasteiger partial charge in [0.2, 0.25) is 0 Å². The molecule has 0 radical (unpaired) electrons. The first-order chi connectivity index (χ1) is 10.9. The summed E-state index contributed by atoms with van der Waals surface area (Å²) in [4.78, 5) is 9.10. The van der Waals surface area contributed by atoms with Gasteiger partial charge in [0, 0.05) is 6.07 Å². The maximum absolute atomic E-state index is 6.23. The summed E-state index contributed by atoms with van der Waals surface area (Å²) in [6, 6.07) is 7.37. The van der Waals surface area contributed by atoms with E-state index in [4.69, 9.17) is 17.3 Å². The van der Waals surface area contributed by atoms with Gasteiger partial charge in [-0.2, -0.15) is 5.10 Å². The molecule has 0 saturated heterocycles. The van der Waals surface area contributed by atoms with E-state index in [-0.39, 0.29) is 0 Å². The predicted molar refractivity (Wildman–Crippen MR) is 98.9 cm³/mol. The van der Waals surface area contributed by atoms with Gasteiger partial charge in [0.05, 0.1) is 32.3 Å². The van der Waals surface area contributed by atoms with Gasteiger partial charge in [-0.3, -0.25) is 0 Å². The van der Waals surface area contributed by atoms with Crippen LogP contribution in [-0.4, -0.2) is 19.7 Å². The number of anilines is 1. The molecule has 5 nitrogen and oxygen atoms in total. The van der Waals surface area contributed by atoms with Crippen LogP contribution < -0.4 is 5.73 Å². The molecule has 3 rings (SSSR count). The van der Waals surface area contributed by atoms with Crippen LogP contribution in [0, 0.1) is 13.8 Å². The maximum atomic E-state index is 6.23. The summed E-state index contributed by atoms with van der Waals surface area (Å²) in [7, 11) is 0. The number of nitrogens with zero attached hydrogens (tertiary/aromatic N) is 4. The number of pyridine rings is 2. The van der Waals surface area contributed by atoms with Crippen LogP contribution in [-0.2, 0) is 0 Å². The number of aryl methyl sites for hydroxylation is 1. The Morgan fingerprint density at radius 3 is 2.52 bits per heavy atom. The Kier molecular flexibility index (Phi) is 4.44. The van der Waals surface area contributed by atoms with Gasteiger partial charge in [-0.05, 0) is 57.8 Å². The molecule has 0 aliphatic carbocycles. The molecule has 3 aromatic rings. The standard InChI is InChI=1S/C15H12Br2ClN5/c1-7-14(18)8(2)23(22-7)12-6-9(19)13(17)15(21-12)10-4-3-5-11(16)20-10/h3-6H,1-2H3,(H2,19,21). The van der Waals surface area contributed by atoms with E-state index >= 15 is 0 Å². The van der Waals surface area contributed by atoms with Gasteiger partial charge < -0.3 is 5.73 Å². The van der Waals surface area contributed by atoms with Crippen LogP contribution in [0.15, 0.2) is 33.3 Å². The van der Waals surface area contributed by atoms with Crippen LogP contribution in [0.2, 0.25) is 5.02 Å². The second kappa shape index (κ2) is 6.22. The Morgan fingerprint density at radius 1 is 1.17 bits per heavy atom. The average Bonchev–Trinajstić information content (AvgIpc) is 2.77. The normalized spacial score (nSPS) is 11.0. The predicted octanol–water partition coefficient (Wildman–Crippen LogP) is 4.71. The second-order valence-electron chi connectivity index (χ2n) is 4.97. The highest BCUT2D eigenvalue weighted by molar-refractivity contribution is 9.11. The zero-order chi connectivity index (χ0) is 16.7. The fourth-order valence-corrected chi connectivity index (χ4v) is 3.07. The summed E-state index contributed by atoms with van der Waals surface area (Å²) in [6.45, 7) is 3.74. The van der Waals surface area contributed by atoms with Crippen LogP contribution in [0.5, 0.6) is 0 Å². The number of nitrogens with two attached hydrogens (primary N) is 1. The minimum Gasteiger partial charge on any atom is -0.398 e. The molecule has 0 amide bonds. The molecular weight excluding hydrogens is 445 g/mol. The quantitative estimate of drug-likeness (QED) is 0.566. The minimum absolute atomic E-state index is 0.551. The van der Waals surface area contributed by atoms with Crippen molar-refractivity contribution < 1.29 is 0 Å². The molecule has 0 aliphatic rings. The Morgan fingerprint density at radius 2 is 1.91 bits per heavy atom. The van der Waals surface area contributed by atoms with Gasteiger partial charge in [0.25, 0.3) is 0 Å². The van der Waals surface area contributed by atoms with Crippen molar-refractivity contribution in [2.24, 2.45) is 0 Å². The van der Waals surface area contributed by atoms with Crippen molar-refractivity contribution in [3.63, 3.8) is 0 Å². The first-order valence-corrected chi connectivity index (χ1v) is 8.66. The average molecular weight is 458 g/mol. The SMILES string of the molecule is Cc1nn(-c2cc(N)c(Br)c(-c3cccc(Br)n3)n2)c(C)c1Cl. The summed E-state index contributed by atoms with van der Waals surface area (Å²) in [5.74, 6) is 0.593. The zero-order valence-corrected chi connectivity index (χ0v) is 16.2. The lowest BCUT2D eigenvalue weighted by Gasteiger charge is -2.11. The summed E-state index contributed by atoms with van der Waals surface area (Å²) in [5.41, 5.74) is 9.58. The maximum Gasteiger partial charge on any atom is 0.156 e. The van der Waals surface area contributed by atoms with Gasteiger partial charge >= 0.3 is 0 Å². The van der Waals surface area contributed by atoms with Crippen LogP contribution in [0.25, 0.3) is 17.2 Å². The molecule has 0 spiro atoms. The fraction of sp³-hybridized carbons (Fsp3) is 0.133. The van der Waals surface area contributed by atoms with Crippen LogP contribution in [0.1, 0.15) is 11.4 Å². The van der Waals surface area contributed by atoms with Gasteiger partial charge in [0.15, 0.2) is 5.82 Å². The molecule has 0 saturated carbocycles. The van der Waals surface area contributed by atoms with Crippen molar-refractivity contribution in [1.29, 1.82) is 0 Å². The first-order valence-electron chi connectivity index (χ1n) is 6.69. The summed E-state index contributed by atoms with van der Waals surface area (Å²) in [6.07, 6.45) is 0. The molecule has 8 heteroatoms. The first kappa shape index (κ1) is 16.4. The van der Waals surface area contributed by atoms with Crippen molar-refractivity contribution >= 4 is 49.1 Å². The summed E-state index contributed by atoms with van der Waals surface area (Å²) in [5, 5.41) is 5.05. The number of aromatic nitrogens is 4. The van der Waals surface area contributed by atoms with Crippen molar-refractivity contribution in [2.45, 2.75) is 13.8 Å². The Labute approximate surface area is 155 Å². The number of halogens is 3. The lowest BCUT2D eigenvalue weighted by Crippen LogP contribution is -2.06. The number of nitrogen functional groups attached to an aromatic ring is 1. The molecule has 0 aliphatic heterocycles. The van der Waals surface area contributed by atoms with Crippen LogP contribution >= 0.6 is 43.5 Å². The van der Waals surface area contributed by atoms with Crippen molar-refractivity contribution in [3.8, 4) is 17.2 Å². The summed E-state index contributed by atoms with van der Waals surface area (Å²) < 4.78 is 3.10. The molecule has 0 fully saturated rings. The number of hydrogen-bond donors (Lipinski definition) is 1. The van der Waals surface area contributed by atoms with Crippen molar-refractivity contribution in [3.05, 3.63) is 49.8 Å². The van der Waals surface area contributed by atoms with Crippen LogP contribution in [0.4, 0.5) is 5.69 Å². The molecule has 0 unspecified atom stereocenters. The monoisotopic (exact) mass is 455 g/mol. The van der Waals surface area contributed by atoms with E-state index < -0.39 is 0 Å². The molecule has 3 heterocycles. The lowest BCUT2D eigenvalue weighted by molar-refractivity contribution is 0.807. The molecule has 0 bridgehead atoms. The van der Waals surface area contributed by atoms with Crippen molar-refractivity contribution in [2.75, 3.05) is 5.73 Å². The number of hydrogen-bond acceptors (Lipinski definition) is 4. The third kappa shape index (κ3) is 3.00. The Balaban J connectivity index is 2.23. The minimum atomic E-state index is 0.551. The van der Waals surface area contributed by atoms with E-state index in [1.807, 2.05) is 32.0 Å². The van der Waals surface area contributed by atoms with E-state index in [1.54, 1.807) is 10.7 Å². The highest BCUT2D eigenvalue weighted by atomic mass is 79.9. The Bertz CT molecular complexity index is 907. The highest BCUT2D eigenvalue weighted by Gasteiger charge is 2.17. The third-order valence-electron chi connectivity index (χ3n) is 3.35. The molecule has 3 aromatic heterocycles. The molecule has 23 heavy (non-hydrogen) atoms. The molecule has 118 valence electrons. The summed E-state index contributed by atoms with van der Waals surface area (Å²) >= 11 is 13.1. The van der Waals surface area contributed by atoms with Gasteiger partial charge in [0.1, 0.15) is 10.3 Å². The highest BCUT2D eigenvalue weighted by Crippen LogP contribution is 2.33. The van der Waals surface area contributed by atoms with Crippen molar-refractivity contribution in [1.82, 2.24) is 19.7 Å². The van der Waals surface area contributed by atoms with E-state index in [0.717, 1.165) is 16.0 Å². The van der Waals surface area contributed by atoms with Gasteiger partial charge in [-0.15, -0.1) is 0 Å². The third-order valence-corrected chi connectivity index (χ3v) is 5.17. The smallest absolute Gasteiger partial charge is 0.156 e. The van der Waals surface area contributed by atoms with E-state index in [2.05, 4.69) is 46.9 Å². The largest absolute Gasteiger partial charge is 0.398 e. The zero-order valence-electron chi connectivity index (χ0n) is 12.3. The van der Waals surface area contributed by atoms with Gasteiger partial charge in [-0.25, -0.2) is 14.6 Å². The molecule has 0 atom stereocenters. The van der Waals surface area contributed by atoms with E-state index in [0.29, 0.717) is 32.4 Å². The molecule has 0 aromatic carbocycles.